The molecule has 0 fully saturated rings. The van der Waals surface area contributed by atoms with E-state index >= 15 is 0 Å². The average Bonchev–Trinajstić information content (AvgIpc) is 2.84. The van der Waals surface area contributed by atoms with E-state index in [1.165, 1.54) is 0 Å². The summed E-state index contributed by atoms with van der Waals surface area (Å²) >= 11 is 0. The van der Waals surface area contributed by atoms with Crippen LogP contribution in [-0.4, -0.2) is 49.6 Å². The number of nitrogens with zero attached hydrogens (tertiary/aromatic N) is 2. The number of hydrogen-bond acceptors (Lipinski definition) is 5. The summed E-state index contributed by atoms with van der Waals surface area (Å²) in [6, 6.07) is 7.58. The van der Waals surface area contributed by atoms with Gasteiger partial charge in [0.05, 0.1) is 24.2 Å². The van der Waals surface area contributed by atoms with Gasteiger partial charge in [-0.3, -0.25) is 0 Å². The van der Waals surface area contributed by atoms with E-state index in [4.69, 9.17) is 14.2 Å². The number of carbonyl (C=O) groups is 1. The summed E-state index contributed by atoms with van der Waals surface area (Å²) in [5.41, 5.74) is 1.66. The van der Waals surface area contributed by atoms with Crippen molar-refractivity contribution in [2.24, 2.45) is 0 Å². The molecule has 1 heterocycles. The van der Waals surface area contributed by atoms with Crippen molar-refractivity contribution in [1.29, 1.82) is 0 Å². The summed E-state index contributed by atoms with van der Waals surface area (Å²) < 4.78 is 16.9. The first-order valence-corrected chi connectivity index (χ1v) is 6.38. The smallest absolute Gasteiger partial charge is 0.374 e. The third-order valence-electron chi connectivity index (χ3n) is 2.88. The van der Waals surface area contributed by atoms with E-state index in [-0.39, 0.29) is 6.61 Å². The molecule has 108 valence electrons. The van der Waals surface area contributed by atoms with Gasteiger partial charge in [0.25, 0.3) is 0 Å². The van der Waals surface area contributed by atoms with Crippen molar-refractivity contribution >= 4 is 17.0 Å². The van der Waals surface area contributed by atoms with Gasteiger partial charge < -0.3 is 18.8 Å². The summed E-state index contributed by atoms with van der Waals surface area (Å²) in [6.45, 7) is 1.62. The lowest BCUT2D eigenvalue weighted by Gasteiger charge is -2.08. The minimum atomic E-state index is -0.450. The number of imidazole rings is 1. The Bertz CT molecular complexity index is 580. The van der Waals surface area contributed by atoms with Gasteiger partial charge in [0, 0.05) is 20.8 Å². The number of rotatable bonds is 7. The highest BCUT2D eigenvalue weighted by Gasteiger charge is 2.18. The topological polar surface area (TPSA) is 62.6 Å². The Morgan fingerprint density at radius 2 is 1.90 bits per heavy atom. The lowest BCUT2D eigenvalue weighted by molar-refractivity contribution is 0.0368. The molecule has 0 bridgehead atoms. The van der Waals surface area contributed by atoms with Crippen LogP contribution in [0.1, 0.15) is 10.6 Å². The Hall–Kier alpha value is -1.92. The average molecular weight is 278 g/mol. The van der Waals surface area contributed by atoms with Gasteiger partial charge in [0.1, 0.15) is 6.61 Å². The summed E-state index contributed by atoms with van der Waals surface area (Å²) in [5.74, 6) is -0.159. The van der Waals surface area contributed by atoms with E-state index in [0.717, 1.165) is 11.0 Å². The number of carbonyl (C=O) groups excluding carboxylic acids is 1. The third-order valence-corrected chi connectivity index (χ3v) is 2.88. The van der Waals surface area contributed by atoms with Gasteiger partial charge in [-0.05, 0) is 12.1 Å². The van der Waals surface area contributed by atoms with Crippen molar-refractivity contribution in [2.45, 2.75) is 6.54 Å². The summed E-state index contributed by atoms with van der Waals surface area (Å²) in [6.07, 6.45) is 0. The molecule has 2 aromatic rings. The molecule has 1 aromatic heterocycles. The van der Waals surface area contributed by atoms with Crippen LogP contribution in [0.15, 0.2) is 24.3 Å². The quantitative estimate of drug-likeness (QED) is 0.567. The van der Waals surface area contributed by atoms with Crippen molar-refractivity contribution in [3.8, 4) is 0 Å². The molecule has 0 amide bonds. The van der Waals surface area contributed by atoms with Crippen LogP contribution in [0.3, 0.4) is 0 Å². The molecule has 6 heteroatoms. The number of para-hydroxylation sites is 2. The van der Waals surface area contributed by atoms with Crippen LogP contribution in [-0.2, 0) is 20.8 Å². The molecular weight excluding hydrogens is 260 g/mol. The molecule has 0 aliphatic heterocycles. The highest BCUT2D eigenvalue weighted by molar-refractivity contribution is 5.91. The number of fused-ring (bicyclic) bond motifs is 1. The molecule has 0 radical (unpaired) electrons. The minimum absolute atomic E-state index is 0.211. The minimum Gasteiger partial charge on any atom is -0.457 e. The maximum Gasteiger partial charge on any atom is 0.374 e. The number of benzene rings is 1. The van der Waals surface area contributed by atoms with Gasteiger partial charge >= 0.3 is 5.97 Å². The van der Waals surface area contributed by atoms with Crippen LogP contribution in [0.5, 0.6) is 0 Å². The molecule has 0 unspecified atom stereocenters. The Balaban J connectivity index is 2.28. The number of esters is 1. The standard InChI is InChI=1S/C14H18N2O4/c1-18-8-7-16-12-6-4-3-5-11(12)15-13(16)14(17)20-10-9-19-2/h3-6H,7-10H2,1-2H3. The second kappa shape index (κ2) is 7.02. The predicted molar refractivity (Wildman–Crippen MR) is 73.8 cm³/mol. The third kappa shape index (κ3) is 3.15. The lowest BCUT2D eigenvalue weighted by atomic mass is 10.3. The molecule has 20 heavy (non-hydrogen) atoms. The van der Waals surface area contributed by atoms with Gasteiger partial charge in [0.15, 0.2) is 0 Å². The zero-order valence-electron chi connectivity index (χ0n) is 11.7. The Morgan fingerprint density at radius 3 is 2.65 bits per heavy atom. The summed E-state index contributed by atoms with van der Waals surface area (Å²) in [5, 5.41) is 0. The van der Waals surface area contributed by atoms with Crippen molar-refractivity contribution in [2.75, 3.05) is 34.0 Å². The van der Waals surface area contributed by atoms with E-state index in [1.807, 2.05) is 28.8 Å². The van der Waals surface area contributed by atoms with Crippen molar-refractivity contribution in [3.63, 3.8) is 0 Å². The first-order chi connectivity index (χ1) is 9.77. The molecule has 0 N–H and O–H groups in total. The van der Waals surface area contributed by atoms with Crippen molar-refractivity contribution < 1.29 is 19.0 Å². The molecule has 0 saturated carbocycles. The molecule has 0 atom stereocenters. The van der Waals surface area contributed by atoms with Gasteiger partial charge in [-0.25, -0.2) is 9.78 Å². The SMILES string of the molecule is COCCOC(=O)c1nc2ccccc2n1CCOC. The maximum atomic E-state index is 12.1. The number of ether oxygens (including phenoxy) is 3. The molecule has 0 saturated heterocycles. The van der Waals surface area contributed by atoms with Gasteiger partial charge in [0.2, 0.25) is 5.82 Å². The van der Waals surface area contributed by atoms with Crippen molar-refractivity contribution in [1.82, 2.24) is 9.55 Å². The number of hydrogen-bond donors (Lipinski definition) is 0. The fraction of sp³-hybridized carbons (Fsp3) is 0.429. The monoisotopic (exact) mass is 278 g/mol. The molecule has 0 aliphatic carbocycles. The Labute approximate surface area is 117 Å². The molecule has 0 spiro atoms. The van der Waals surface area contributed by atoms with Crippen LogP contribution < -0.4 is 0 Å². The molecule has 2 rings (SSSR count). The predicted octanol–water partition coefficient (Wildman–Crippen LogP) is 1.49. The molecule has 6 nitrogen and oxygen atoms in total. The second-order valence-corrected chi connectivity index (χ2v) is 4.20. The van der Waals surface area contributed by atoms with Crippen LogP contribution in [0, 0.1) is 0 Å². The Kier molecular flexibility index (Phi) is 5.09. The largest absolute Gasteiger partial charge is 0.457 e. The van der Waals surface area contributed by atoms with Crippen LogP contribution in [0.25, 0.3) is 11.0 Å². The zero-order valence-corrected chi connectivity index (χ0v) is 11.7. The Morgan fingerprint density at radius 1 is 1.15 bits per heavy atom. The van der Waals surface area contributed by atoms with E-state index < -0.39 is 5.97 Å². The van der Waals surface area contributed by atoms with Gasteiger partial charge in [-0.15, -0.1) is 0 Å². The van der Waals surface area contributed by atoms with Gasteiger partial charge in [-0.1, -0.05) is 12.1 Å². The molecular formula is C14H18N2O4. The molecule has 1 aromatic carbocycles. The number of methoxy groups -OCH3 is 2. The lowest BCUT2D eigenvalue weighted by Crippen LogP contribution is -2.17. The highest BCUT2D eigenvalue weighted by atomic mass is 16.6. The van der Waals surface area contributed by atoms with Crippen molar-refractivity contribution in [3.05, 3.63) is 30.1 Å². The van der Waals surface area contributed by atoms with Crippen LogP contribution in [0.4, 0.5) is 0 Å². The fourth-order valence-corrected chi connectivity index (χ4v) is 1.92. The van der Waals surface area contributed by atoms with E-state index in [9.17, 15) is 4.79 Å². The fourth-order valence-electron chi connectivity index (χ4n) is 1.92. The normalized spacial score (nSPS) is 10.9. The van der Waals surface area contributed by atoms with E-state index in [2.05, 4.69) is 4.98 Å². The summed E-state index contributed by atoms with van der Waals surface area (Å²) in [4.78, 5) is 16.4. The van der Waals surface area contributed by atoms with Gasteiger partial charge in [-0.2, -0.15) is 0 Å². The molecule has 0 aliphatic rings. The number of aromatic nitrogens is 2. The van der Waals surface area contributed by atoms with Crippen LogP contribution in [0.2, 0.25) is 0 Å². The van der Waals surface area contributed by atoms with Crippen LogP contribution >= 0.6 is 0 Å². The second-order valence-electron chi connectivity index (χ2n) is 4.20. The van der Waals surface area contributed by atoms with E-state index in [1.54, 1.807) is 14.2 Å². The highest BCUT2D eigenvalue weighted by Crippen LogP contribution is 2.16. The first kappa shape index (κ1) is 14.5. The van der Waals surface area contributed by atoms with E-state index in [0.29, 0.717) is 25.6 Å². The first-order valence-electron chi connectivity index (χ1n) is 6.38. The zero-order chi connectivity index (χ0) is 14.4. The summed E-state index contributed by atoms with van der Waals surface area (Å²) in [7, 11) is 3.18. The maximum absolute atomic E-state index is 12.1.